The molecule has 6 nitrogen and oxygen atoms in total. The number of aromatic nitrogens is 2. The van der Waals surface area contributed by atoms with Crippen LogP contribution in [-0.2, 0) is 29.4 Å². The molecule has 2 aliphatic rings. The number of hydrogen-bond acceptors (Lipinski definition) is 4. The molecule has 0 spiro atoms. The topological polar surface area (TPSA) is 86.3 Å². The maximum Gasteiger partial charge on any atom is 0.416 e. The lowest BCUT2D eigenvalue weighted by Crippen LogP contribution is -2.36. The van der Waals surface area contributed by atoms with Crippen LogP contribution >= 0.6 is 0 Å². The molecule has 0 radical (unpaired) electrons. The summed E-state index contributed by atoms with van der Waals surface area (Å²) in [6.07, 6.45) is -3.65. The third kappa shape index (κ3) is 5.22. The highest BCUT2D eigenvalue weighted by molar-refractivity contribution is 5.83. The van der Waals surface area contributed by atoms with Crippen LogP contribution in [0.15, 0.2) is 77.6 Å². The van der Waals surface area contributed by atoms with E-state index in [4.69, 9.17) is 4.98 Å². The second kappa shape index (κ2) is 10.5. The lowest BCUT2D eigenvalue weighted by Gasteiger charge is -2.24. The van der Waals surface area contributed by atoms with E-state index in [1.807, 2.05) is 6.07 Å². The minimum atomic E-state index is -4.50. The molecule has 0 saturated heterocycles. The number of hydrogen-bond donors (Lipinski definition) is 2. The number of aromatic amines is 1. The van der Waals surface area contributed by atoms with Gasteiger partial charge >= 0.3 is 6.18 Å². The van der Waals surface area contributed by atoms with Crippen molar-refractivity contribution >= 4 is 5.91 Å². The second-order valence-electron chi connectivity index (χ2n) is 10.9. The number of amides is 1. The van der Waals surface area contributed by atoms with E-state index in [-0.39, 0.29) is 30.0 Å². The molecule has 1 fully saturated rings. The molecule has 10 heteroatoms. The first-order valence-corrected chi connectivity index (χ1v) is 13.7. The molecule has 2 heterocycles. The van der Waals surface area contributed by atoms with Crippen molar-refractivity contribution in [1.29, 1.82) is 0 Å². The normalized spacial score (nSPS) is 16.8. The zero-order chi connectivity index (χ0) is 29.6. The average molecular weight is 578 g/mol. The summed E-state index contributed by atoms with van der Waals surface area (Å²) in [5, 5.41) is 11.0. The third-order valence-corrected chi connectivity index (χ3v) is 8.14. The number of alkyl halides is 3. The molecule has 4 aromatic rings. The average Bonchev–Trinajstić information content (AvgIpc) is 3.81. The van der Waals surface area contributed by atoms with Gasteiger partial charge in [-0.2, -0.15) is 13.2 Å². The Labute approximate surface area is 238 Å². The van der Waals surface area contributed by atoms with Crippen molar-refractivity contribution in [3.05, 3.63) is 123 Å². The Kier molecular flexibility index (Phi) is 6.97. The van der Waals surface area contributed by atoms with Gasteiger partial charge in [-0.25, -0.2) is 9.37 Å². The highest BCUT2D eigenvalue weighted by Gasteiger charge is 2.49. The monoisotopic (exact) mass is 577 g/mol. The molecular weight excluding hydrogens is 550 g/mol. The zero-order valence-corrected chi connectivity index (χ0v) is 22.4. The number of aliphatic hydroxyl groups excluding tert-OH is 1. The van der Waals surface area contributed by atoms with Gasteiger partial charge in [0.1, 0.15) is 11.6 Å². The van der Waals surface area contributed by atoms with Gasteiger partial charge in [0.2, 0.25) is 0 Å². The minimum Gasteiger partial charge on any atom is -0.378 e. The van der Waals surface area contributed by atoms with Gasteiger partial charge in [0.15, 0.2) is 6.10 Å². The molecule has 6 rings (SSSR count). The minimum absolute atomic E-state index is 0.0475. The fourth-order valence-electron chi connectivity index (χ4n) is 5.69. The highest BCUT2D eigenvalue weighted by Crippen LogP contribution is 2.52. The number of rotatable bonds is 5. The first kappa shape index (κ1) is 27.8. The Morgan fingerprint density at radius 1 is 1.00 bits per heavy atom. The smallest absolute Gasteiger partial charge is 0.378 e. The van der Waals surface area contributed by atoms with Crippen LogP contribution in [-0.4, -0.2) is 32.4 Å². The van der Waals surface area contributed by atoms with Crippen LogP contribution in [0.4, 0.5) is 17.6 Å². The van der Waals surface area contributed by atoms with Gasteiger partial charge < -0.3 is 15.0 Å². The Bertz CT molecular complexity index is 1730. The molecular formula is C32H27F4N3O3. The van der Waals surface area contributed by atoms with Gasteiger partial charge in [-0.05, 0) is 78.3 Å². The number of aliphatic hydroxyl groups is 1. The number of nitrogens with zero attached hydrogens (tertiary/aromatic N) is 2. The van der Waals surface area contributed by atoms with Crippen LogP contribution in [0.3, 0.4) is 0 Å². The highest BCUT2D eigenvalue weighted by atomic mass is 19.4. The quantitative estimate of drug-likeness (QED) is 0.299. The summed E-state index contributed by atoms with van der Waals surface area (Å²) in [5.41, 5.74) is 0.909. The number of halogens is 4. The number of carbonyl (C=O) groups is 1. The van der Waals surface area contributed by atoms with Gasteiger partial charge in [0, 0.05) is 6.54 Å². The van der Waals surface area contributed by atoms with Crippen molar-refractivity contribution in [3.8, 4) is 11.1 Å². The van der Waals surface area contributed by atoms with Gasteiger partial charge in [-0.15, -0.1) is 0 Å². The van der Waals surface area contributed by atoms with Crippen molar-refractivity contribution in [2.24, 2.45) is 0 Å². The molecule has 0 bridgehead atoms. The van der Waals surface area contributed by atoms with E-state index in [0.29, 0.717) is 41.1 Å². The molecule has 1 aliphatic heterocycles. The predicted octanol–water partition coefficient (Wildman–Crippen LogP) is 5.68. The molecule has 3 aromatic carbocycles. The molecule has 1 atom stereocenters. The van der Waals surface area contributed by atoms with Crippen molar-refractivity contribution in [2.75, 3.05) is 6.54 Å². The molecule has 2 N–H and O–H groups in total. The standard InChI is InChI=1S/C32H27F4N3O3/c33-24-10-3-8-22(17-24)31(12-13-31)30-37-26-11-4-14-39(18-25(26)28(41)38-30)29(42)27(40)21-7-1-5-19(15-21)20-6-2-9-23(16-20)32(34,35)36/h1-3,5-10,15-17,27,40H,4,11-14,18H2,(H,37,38,41). The summed E-state index contributed by atoms with van der Waals surface area (Å²) in [7, 11) is 0. The van der Waals surface area contributed by atoms with Gasteiger partial charge in [-0.3, -0.25) is 9.59 Å². The van der Waals surface area contributed by atoms with Crippen molar-refractivity contribution in [3.63, 3.8) is 0 Å². The Morgan fingerprint density at radius 3 is 2.43 bits per heavy atom. The Balaban J connectivity index is 1.24. The maximum atomic E-state index is 13.9. The molecule has 1 saturated carbocycles. The second-order valence-corrected chi connectivity index (χ2v) is 10.9. The molecule has 216 valence electrons. The summed E-state index contributed by atoms with van der Waals surface area (Å²) < 4.78 is 53.6. The fourth-order valence-corrected chi connectivity index (χ4v) is 5.69. The van der Waals surface area contributed by atoms with E-state index in [9.17, 15) is 32.3 Å². The van der Waals surface area contributed by atoms with Crippen molar-refractivity contribution in [2.45, 2.75) is 49.9 Å². The van der Waals surface area contributed by atoms with Gasteiger partial charge in [-0.1, -0.05) is 42.5 Å². The van der Waals surface area contributed by atoms with E-state index in [1.165, 1.54) is 41.3 Å². The van der Waals surface area contributed by atoms with Crippen LogP contribution < -0.4 is 5.56 Å². The van der Waals surface area contributed by atoms with Crippen LogP contribution in [0.2, 0.25) is 0 Å². The van der Waals surface area contributed by atoms with Gasteiger partial charge in [0.05, 0.1) is 28.8 Å². The Morgan fingerprint density at radius 2 is 1.71 bits per heavy atom. The number of nitrogens with one attached hydrogen (secondary N) is 1. The third-order valence-electron chi connectivity index (χ3n) is 8.14. The lowest BCUT2D eigenvalue weighted by molar-refractivity contribution is -0.141. The van der Waals surface area contributed by atoms with E-state index in [2.05, 4.69) is 4.98 Å². The van der Waals surface area contributed by atoms with E-state index in [1.54, 1.807) is 18.2 Å². The van der Waals surface area contributed by atoms with Crippen LogP contribution in [0.1, 0.15) is 59.1 Å². The Hall–Kier alpha value is -4.31. The zero-order valence-electron chi connectivity index (χ0n) is 22.4. The number of fused-ring (bicyclic) bond motifs is 1. The summed E-state index contributed by atoms with van der Waals surface area (Å²) in [6.45, 7) is 0.234. The van der Waals surface area contributed by atoms with E-state index < -0.39 is 29.2 Å². The molecule has 1 unspecified atom stereocenters. The molecule has 42 heavy (non-hydrogen) atoms. The maximum absolute atomic E-state index is 13.9. The molecule has 1 aliphatic carbocycles. The number of carbonyl (C=O) groups excluding carboxylic acids is 1. The number of benzene rings is 3. The fraction of sp³-hybridized carbons (Fsp3) is 0.281. The summed E-state index contributed by atoms with van der Waals surface area (Å²) in [4.78, 5) is 35.7. The lowest BCUT2D eigenvalue weighted by atomic mass is 9.94. The summed E-state index contributed by atoms with van der Waals surface area (Å²) in [5.74, 6) is -0.488. The van der Waals surface area contributed by atoms with Crippen LogP contribution in [0.25, 0.3) is 11.1 Å². The van der Waals surface area contributed by atoms with Gasteiger partial charge in [0.25, 0.3) is 11.5 Å². The number of aryl methyl sites for hydroxylation is 1. The van der Waals surface area contributed by atoms with E-state index in [0.717, 1.165) is 30.5 Å². The van der Waals surface area contributed by atoms with Crippen molar-refractivity contribution in [1.82, 2.24) is 14.9 Å². The van der Waals surface area contributed by atoms with Crippen molar-refractivity contribution < 1.29 is 27.5 Å². The number of H-pyrrole nitrogens is 1. The summed E-state index contributed by atoms with van der Waals surface area (Å²) in [6, 6.07) is 17.3. The first-order chi connectivity index (χ1) is 20.0. The predicted molar refractivity (Wildman–Crippen MR) is 147 cm³/mol. The SMILES string of the molecule is O=C(C(O)c1cccc(-c2cccc(C(F)(F)F)c2)c1)N1CCCc2nc(C3(c4cccc(F)c4)CC3)[nH]c(=O)c2C1. The first-order valence-electron chi connectivity index (χ1n) is 13.7. The molecule has 1 aromatic heterocycles. The van der Waals surface area contributed by atoms with E-state index >= 15 is 0 Å². The largest absolute Gasteiger partial charge is 0.416 e. The molecule has 1 amide bonds. The summed E-state index contributed by atoms with van der Waals surface area (Å²) >= 11 is 0. The van der Waals surface area contributed by atoms with Crippen LogP contribution in [0.5, 0.6) is 0 Å². The van der Waals surface area contributed by atoms with Crippen LogP contribution in [0, 0.1) is 5.82 Å².